The zero-order valence-electron chi connectivity index (χ0n) is 15.7. The number of benzene rings is 3. The smallest absolute Gasteiger partial charge is 0.276 e. The SMILES string of the molecule is O=C(C=Cc1ccc(F)cc1)NC(=S)NNC(=O)COc1cccc2ccccc12. The Labute approximate surface area is 177 Å². The number of amides is 2. The third-order valence-electron chi connectivity index (χ3n) is 3.96. The van der Waals surface area contributed by atoms with Crippen molar-refractivity contribution in [1.82, 2.24) is 16.2 Å². The van der Waals surface area contributed by atoms with Crippen LogP contribution in [0, 0.1) is 5.82 Å². The predicted octanol–water partition coefficient (Wildman–Crippen LogP) is 3.09. The molecule has 0 saturated heterocycles. The highest BCUT2D eigenvalue weighted by Crippen LogP contribution is 2.24. The zero-order valence-corrected chi connectivity index (χ0v) is 16.5. The van der Waals surface area contributed by atoms with Gasteiger partial charge in [-0.25, -0.2) is 4.39 Å². The van der Waals surface area contributed by atoms with Gasteiger partial charge < -0.3 is 4.74 Å². The van der Waals surface area contributed by atoms with E-state index >= 15 is 0 Å². The van der Waals surface area contributed by atoms with Crippen molar-refractivity contribution in [2.45, 2.75) is 0 Å². The van der Waals surface area contributed by atoms with E-state index in [4.69, 9.17) is 17.0 Å². The van der Waals surface area contributed by atoms with Crippen LogP contribution in [0.1, 0.15) is 5.56 Å². The molecule has 3 aromatic carbocycles. The fourth-order valence-corrected chi connectivity index (χ4v) is 2.71. The van der Waals surface area contributed by atoms with Crippen LogP contribution >= 0.6 is 12.2 Å². The predicted molar refractivity (Wildman–Crippen MR) is 117 cm³/mol. The first-order valence-electron chi connectivity index (χ1n) is 8.95. The van der Waals surface area contributed by atoms with Crippen LogP contribution in [0.15, 0.2) is 72.8 Å². The Balaban J connectivity index is 1.42. The van der Waals surface area contributed by atoms with Gasteiger partial charge in [0.2, 0.25) is 5.91 Å². The van der Waals surface area contributed by atoms with E-state index in [1.54, 1.807) is 6.07 Å². The van der Waals surface area contributed by atoms with Crippen LogP contribution in [0.25, 0.3) is 16.8 Å². The summed E-state index contributed by atoms with van der Waals surface area (Å²) in [6.07, 6.45) is 2.75. The number of nitrogens with one attached hydrogen (secondary N) is 3. The van der Waals surface area contributed by atoms with Gasteiger partial charge in [0.15, 0.2) is 11.7 Å². The molecule has 0 aliphatic rings. The minimum absolute atomic E-state index is 0.0812. The van der Waals surface area contributed by atoms with Crippen LogP contribution in [0.2, 0.25) is 0 Å². The third-order valence-corrected chi connectivity index (χ3v) is 4.16. The Kier molecular flexibility index (Phi) is 7.07. The molecule has 0 bridgehead atoms. The topological polar surface area (TPSA) is 79.5 Å². The molecule has 3 aromatic rings. The van der Waals surface area contributed by atoms with E-state index in [0.29, 0.717) is 11.3 Å². The number of carbonyl (C=O) groups is 2. The van der Waals surface area contributed by atoms with E-state index in [-0.39, 0.29) is 17.5 Å². The second-order valence-electron chi connectivity index (χ2n) is 6.14. The summed E-state index contributed by atoms with van der Waals surface area (Å²) in [4.78, 5) is 23.8. The fourth-order valence-electron chi connectivity index (χ4n) is 2.56. The van der Waals surface area contributed by atoms with Crippen LogP contribution in [0.3, 0.4) is 0 Å². The van der Waals surface area contributed by atoms with Crippen molar-refractivity contribution in [1.29, 1.82) is 0 Å². The molecule has 8 heteroatoms. The molecule has 6 nitrogen and oxygen atoms in total. The first-order chi connectivity index (χ1) is 14.5. The highest BCUT2D eigenvalue weighted by molar-refractivity contribution is 7.80. The highest BCUT2D eigenvalue weighted by Gasteiger charge is 2.07. The van der Waals surface area contributed by atoms with Gasteiger partial charge in [0, 0.05) is 11.5 Å². The average molecular weight is 423 g/mol. The lowest BCUT2D eigenvalue weighted by atomic mass is 10.1. The molecule has 3 N–H and O–H groups in total. The summed E-state index contributed by atoms with van der Waals surface area (Å²) >= 11 is 4.96. The summed E-state index contributed by atoms with van der Waals surface area (Å²) in [6.45, 7) is -0.234. The van der Waals surface area contributed by atoms with Crippen molar-refractivity contribution in [3.8, 4) is 5.75 Å². The number of hydrogen-bond donors (Lipinski definition) is 3. The second-order valence-corrected chi connectivity index (χ2v) is 6.55. The van der Waals surface area contributed by atoms with Crippen molar-refractivity contribution in [3.63, 3.8) is 0 Å². The molecular weight excluding hydrogens is 405 g/mol. The Morgan fingerprint density at radius 1 is 0.967 bits per heavy atom. The van der Waals surface area contributed by atoms with Gasteiger partial charge in [-0.15, -0.1) is 0 Å². The molecule has 3 rings (SSSR count). The summed E-state index contributed by atoms with van der Waals surface area (Å²) in [5.74, 6) is -0.744. The minimum atomic E-state index is -0.502. The number of carbonyl (C=O) groups excluding carboxylic acids is 2. The maximum Gasteiger partial charge on any atom is 0.276 e. The molecule has 0 aliphatic heterocycles. The molecule has 2 amide bonds. The lowest BCUT2D eigenvalue weighted by Crippen LogP contribution is -2.49. The number of ether oxygens (including phenoxy) is 1. The molecule has 30 heavy (non-hydrogen) atoms. The lowest BCUT2D eigenvalue weighted by Gasteiger charge is -2.11. The normalized spacial score (nSPS) is 10.6. The molecule has 0 atom stereocenters. The number of hydrazine groups is 1. The van der Waals surface area contributed by atoms with Gasteiger partial charge in [0.05, 0.1) is 0 Å². The maximum atomic E-state index is 12.9. The number of halogens is 1. The Bertz CT molecular complexity index is 1090. The van der Waals surface area contributed by atoms with E-state index in [1.165, 1.54) is 36.4 Å². The molecule has 0 saturated carbocycles. The Morgan fingerprint density at radius 2 is 1.70 bits per heavy atom. The lowest BCUT2D eigenvalue weighted by molar-refractivity contribution is -0.123. The van der Waals surface area contributed by atoms with Crippen molar-refractivity contribution >= 4 is 46.0 Å². The van der Waals surface area contributed by atoms with E-state index in [9.17, 15) is 14.0 Å². The molecule has 152 valence electrons. The largest absolute Gasteiger partial charge is 0.483 e. The molecule has 0 aromatic heterocycles. The van der Waals surface area contributed by atoms with Crippen LogP contribution in [0.5, 0.6) is 5.75 Å². The summed E-state index contributed by atoms with van der Waals surface area (Å²) in [5, 5.41) is 4.20. The van der Waals surface area contributed by atoms with Gasteiger partial charge in [-0.2, -0.15) is 0 Å². The molecule has 0 spiro atoms. The summed E-state index contributed by atoms with van der Waals surface area (Å²) in [5.41, 5.74) is 5.44. The number of rotatable bonds is 5. The van der Waals surface area contributed by atoms with Crippen molar-refractivity contribution in [2.24, 2.45) is 0 Å². The molecule has 0 fully saturated rings. The molecule has 0 unspecified atom stereocenters. The first kappa shape index (κ1) is 20.9. The van der Waals surface area contributed by atoms with Gasteiger partial charge in [-0.05, 0) is 47.4 Å². The molecule has 0 radical (unpaired) electrons. The van der Waals surface area contributed by atoms with Crippen molar-refractivity contribution in [2.75, 3.05) is 6.61 Å². The Hall–Kier alpha value is -3.78. The minimum Gasteiger partial charge on any atom is -0.483 e. The van der Waals surface area contributed by atoms with Gasteiger partial charge in [0.25, 0.3) is 5.91 Å². The molecule has 0 aliphatic carbocycles. The summed E-state index contributed by atoms with van der Waals surface area (Å²) < 4.78 is 18.4. The van der Waals surface area contributed by atoms with Crippen molar-refractivity contribution < 1.29 is 18.7 Å². The number of fused-ring (bicyclic) bond motifs is 1. The van der Waals surface area contributed by atoms with E-state index in [2.05, 4.69) is 16.2 Å². The quantitative estimate of drug-likeness (QED) is 0.334. The number of thiocarbonyl (C=S) groups is 1. The monoisotopic (exact) mass is 423 g/mol. The second kappa shape index (κ2) is 10.1. The van der Waals surface area contributed by atoms with E-state index < -0.39 is 11.8 Å². The van der Waals surface area contributed by atoms with Crippen LogP contribution in [0.4, 0.5) is 4.39 Å². The summed E-state index contributed by atoms with van der Waals surface area (Å²) in [6, 6.07) is 18.9. The first-order valence-corrected chi connectivity index (χ1v) is 9.36. The van der Waals surface area contributed by atoms with Crippen LogP contribution < -0.4 is 20.9 Å². The average Bonchev–Trinajstić information content (AvgIpc) is 2.76. The van der Waals surface area contributed by atoms with Crippen LogP contribution in [-0.4, -0.2) is 23.5 Å². The van der Waals surface area contributed by atoms with E-state index in [0.717, 1.165) is 10.8 Å². The molecule has 0 heterocycles. The van der Waals surface area contributed by atoms with Gasteiger partial charge in [-0.1, -0.05) is 48.5 Å². The van der Waals surface area contributed by atoms with Crippen LogP contribution in [-0.2, 0) is 9.59 Å². The van der Waals surface area contributed by atoms with Crippen molar-refractivity contribution in [3.05, 3.63) is 84.2 Å². The summed E-state index contributed by atoms with van der Waals surface area (Å²) in [7, 11) is 0. The highest BCUT2D eigenvalue weighted by atomic mass is 32.1. The van der Waals surface area contributed by atoms with Gasteiger partial charge >= 0.3 is 0 Å². The van der Waals surface area contributed by atoms with Gasteiger partial charge in [0.1, 0.15) is 11.6 Å². The molecular formula is C22H18FN3O3S. The maximum absolute atomic E-state index is 12.9. The standard InChI is InChI=1S/C22H18FN3O3S/c23-17-11-8-15(9-12-17)10-13-20(27)24-22(30)26-25-21(28)14-29-19-7-3-5-16-4-1-2-6-18(16)19/h1-13H,14H2,(H,25,28)(H2,24,26,27,30). The number of hydrogen-bond acceptors (Lipinski definition) is 4. The van der Waals surface area contributed by atoms with E-state index in [1.807, 2.05) is 36.4 Å². The van der Waals surface area contributed by atoms with Gasteiger partial charge in [-0.3, -0.25) is 25.8 Å². The fraction of sp³-hybridized carbons (Fsp3) is 0.0455. The Morgan fingerprint density at radius 3 is 2.50 bits per heavy atom. The third kappa shape index (κ3) is 6.11. The zero-order chi connectivity index (χ0) is 21.3.